The highest BCUT2D eigenvalue weighted by Crippen LogP contribution is 2.17. The van der Waals surface area contributed by atoms with Gasteiger partial charge >= 0.3 is 0 Å². The van der Waals surface area contributed by atoms with Crippen LogP contribution < -0.4 is 16.4 Å². The first-order valence-electron chi connectivity index (χ1n) is 8.77. The number of nitrogens with zero attached hydrogens (tertiary/aromatic N) is 1. The number of carbonyl (C=O) groups is 2. The first-order valence-corrected chi connectivity index (χ1v) is 8.77. The molecule has 0 saturated carbocycles. The Morgan fingerprint density at radius 3 is 2.46 bits per heavy atom. The SMILES string of the molecule is NCCOCCOCCC(=O)Nc1ccccc1C(=O)Nc1ccc(F)cn1. The molecule has 2 amide bonds. The highest BCUT2D eigenvalue weighted by atomic mass is 19.1. The molecule has 0 aliphatic carbocycles. The molecular weight excluding hydrogens is 367 g/mol. The van der Waals surface area contributed by atoms with E-state index in [2.05, 4.69) is 15.6 Å². The second-order valence-corrected chi connectivity index (χ2v) is 5.67. The number of nitrogens with one attached hydrogen (secondary N) is 2. The summed E-state index contributed by atoms with van der Waals surface area (Å²) < 4.78 is 23.4. The van der Waals surface area contributed by atoms with E-state index in [1.54, 1.807) is 24.3 Å². The summed E-state index contributed by atoms with van der Waals surface area (Å²) in [5.41, 5.74) is 5.92. The molecule has 4 N–H and O–H groups in total. The normalized spacial score (nSPS) is 10.5. The molecule has 1 aromatic carbocycles. The van der Waals surface area contributed by atoms with Gasteiger partial charge in [0.1, 0.15) is 11.6 Å². The second kappa shape index (κ2) is 11.8. The van der Waals surface area contributed by atoms with Gasteiger partial charge in [-0.3, -0.25) is 9.59 Å². The minimum atomic E-state index is -0.501. The van der Waals surface area contributed by atoms with Gasteiger partial charge < -0.3 is 25.8 Å². The quantitative estimate of drug-likeness (QED) is 0.504. The van der Waals surface area contributed by atoms with Gasteiger partial charge in [0.05, 0.1) is 50.3 Å². The number of amides is 2. The van der Waals surface area contributed by atoms with Gasteiger partial charge in [0.2, 0.25) is 5.91 Å². The average Bonchev–Trinajstić information content (AvgIpc) is 2.69. The van der Waals surface area contributed by atoms with Crippen LogP contribution in [0.15, 0.2) is 42.6 Å². The van der Waals surface area contributed by atoms with Crippen molar-refractivity contribution in [3.8, 4) is 0 Å². The van der Waals surface area contributed by atoms with E-state index in [9.17, 15) is 14.0 Å². The van der Waals surface area contributed by atoms with Gasteiger partial charge in [-0.15, -0.1) is 0 Å². The summed E-state index contributed by atoms with van der Waals surface area (Å²) in [4.78, 5) is 28.3. The van der Waals surface area contributed by atoms with Gasteiger partial charge in [-0.25, -0.2) is 9.37 Å². The van der Waals surface area contributed by atoms with Gasteiger partial charge in [-0.2, -0.15) is 0 Å². The molecule has 0 atom stereocenters. The molecule has 0 saturated heterocycles. The van der Waals surface area contributed by atoms with Crippen molar-refractivity contribution in [2.24, 2.45) is 5.73 Å². The number of carbonyl (C=O) groups excluding carboxylic acids is 2. The standard InChI is InChI=1S/C19H23FN4O4/c20-14-5-6-17(22-13-14)24-19(26)15-3-1-2-4-16(15)23-18(25)7-9-27-11-12-28-10-8-21/h1-6,13H,7-12,21H2,(H,23,25)(H,22,24,26). The van der Waals surface area contributed by atoms with E-state index in [0.717, 1.165) is 6.20 Å². The fourth-order valence-corrected chi connectivity index (χ4v) is 2.21. The Kier molecular flexibility index (Phi) is 8.99. The lowest BCUT2D eigenvalue weighted by molar-refractivity contribution is -0.117. The van der Waals surface area contributed by atoms with Crippen LogP contribution in [0.1, 0.15) is 16.8 Å². The van der Waals surface area contributed by atoms with Crippen molar-refractivity contribution in [2.75, 3.05) is 43.6 Å². The number of aromatic nitrogens is 1. The molecule has 2 aromatic rings. The third-order valence-corrected chi connectivity index (χ3v) is 3.52. The van der Waals surface area contributed by atoms with Gasteiger partial charge in [0.25, 0.3) is 5.91 Å². The summed E-state index contributed by atoms with van der Waals surface area (Å²) in [6, 6.07) is 9.10. The van der Waals surface area contributed by atoms with Crippen LogP contribution in [0.3, 0.4) is 0 Å². The van der Waals surface area contributed by atoms with E-state index in [0.29, 0.717) is 32.1 Å². The summed E-state index contributed by atoms with van der Waals surface area (Å²) in [5.74, 6) is -1.05. The zero-order chi connectivity index (χ0) is 20.2. The van der Waals surface area contributed by atoms with Crippen molar-refractivity contribution in [1.82, 2.24) is 4.98 Å². The lowest BCUT2D eigenvalue weighted by Gasteiger charge is -2.11. The molecule has 0 aliphatic rings. The molecule has 9 heteroatoms. The number of ether oxygens (including phenoxy) is 2. The number of halogens is 1. The lowest BCUT2D eigenvalue weighted by atomic mass is 10.1. The van der Waals surface area contributed by atoms with Crippen LogP contribution >= 0.6 is 0 Å². The molecule has 0 spiro atoms. The van der Waals surface area contributed by atoms with Crippen LogP contribution in [0.2, 0.25) is 0 Å². The lowest BCUT2D eigenvalue weighted by Crippen LogP contribution is -2.20. The number of rotatable bonds is 11. The molecule has 0 unspecified atom stereocenters. The predicted molar refractivity (Wildman–Crippen MR) is 103 cm³/mol. The number of hydrogen-bond donors (Lipinski definition) is 3. The fourth-order valence-electron chi connectivity index (χ4n) is 2.21. The van der Waals surface area contributed by atoms with E-state index in [4.69, 9.17) is 15.2 Å². The van der Waals surface area contributed by atoms with Gasteiger partial charge in [-0.1, -0.05) is 12.1 Å². The maximum Gasteiger partial charge on any atom is 0.258 e. The average molecular weight is 390 g/mol. The molecule has 150 valence electrons. The van der Waals surface area contributed by atoms with E-state index in [1.165, 1.54) is 12.1 Å². The summed E-state index contributed by atoms with van der Waals surface area (Å²) in [6.07, 6.45) is 1.14. The first kappa shape index (κ1) is 21.4. The van der Waals surface area contributed by atoms with E-state index in [-0.39, 0.29) is 30.3 Å². The Morgan fingerprint density at radius 1 is 1.00 bits per heavy atom. The number of para-hydroxylation sites is 1. The maximum absolute atomic E-state index is 12.9. The highest BCUT2D eigenvalue weighted by Gasteiger charge is 2.14. The zero-order valence-corrected chi connectivity index (χ0v) is 15.3. The van der Waals surface area contributed by atoms with Crippen LogP contribution in [0.5, 0.6) is 0 Å². The Bertz CT molecular complexity index is 771. The molecular formula is C19H23FN4O4. The molecule has 0 radical (unpaired) electrons. The molecule has 2 rings (SSSR count). The van der Waals surface area contributed by atoms with Crippen molar-refractivity contribution in [2.45, 2.75) is 6.42 Å². The number of hydrogen-bond acceptors (Lipinski definition) is 6. The Balaban J connectivity index is 1.84. The second-order valence-electron chi connectivity index (χ2n) is 5.67. The molecule has 28 heavy (non-hydrogen) atoms. The predicted octanol–water partition coefficient (Wildman–Crippen LogP) is 1.79. The first-order chi connectivity index (χ1) is 13.6. The van der Waals surface area contributed by atoms with Crippen LogP contribution in [-0.4, -0.2) is 49.8 Å². The smallest absolute Gasteiger partial charge is 0.258 e. The minimum absolute atomic E-state index is 0.131. The highest BCUT2D eigenvalue weighted by molar-refractivity contribution is 6.09. The number of pyridine rings is 1. The largest absolute Gasteiger partial charge is 0.379 e. The zero-order valence-electron chi connectivity index (χ0n) is 15.3. The Hall–Kier alpha value is -2.88. The molecule has 1 aromatic heterocycles. The Morgan fingerprint density at radius 2 is 1.75 bits per heavy atom. The number of anilines is 2. The summed E-state index contributed by atoms with van der Waals surface area (Å²) >= 11 is 0. The summed E-state index contributed by atoms with van der Waals surface area (Å²) in [5, 5.41) is 5.25. The molecule has 8 nitrogen and oxygen atoms in total. The molecule has 0 fully saturated rings. The maximum atomic E-state index is 12.9. The third kappa shape index (κ3) is 7.39. The van der Waals surface area contributed by atoms with E-state index in [1.807, 2.05) is 0 Å². The third-order valence-electron chi connectivity index (χ3n) is 3.52. The minimum Gasteiger partial charge on any atom is -0.379 e. The van der Waals surface area contributed by atoms with Crippen molar-refractivity contribution >= 4 is 23.3 Å². The van der Waals surface area contributed by atoms with Crippen LogP contribution in [-0.2, 0) is 14.3 Å². The summed E-state index contributed by atoms with van der Waals surface area (Å²) in [6.45, 7) is 1.94. The van der Waals surface area contributed by atoms with Crippen LogP contribution in [0, 0.1) is 5.82 Å². The molecule has 0 aliphatic heterocycles. The molecule has 1 heterocycles. The van der Waals surface area contributed by atoms with Gasteiger partial charge in [-0.05, 0) is 24.3 Å². The monoisotopic (exact) mass is 390 g/mol. The van der Waals surface area contributed by atoms with Crippen molar-refractivity contribution in [1.29, 1.82) is 0 Å². The van der Waals surface area contributed by atoms with Gasteiger partial charge in [0.15, 0.2) is 0 Å². The van der Waals surface area contributed by atoms with Gasteiger partial charge in [0, 0.05) is 6.54 Å². The van der Waals surface area contributed by atoms with E-state index < -0.39 is 11.7 Å². The van der Waals surface area contributed by atoms with Crippen molar-refractivity contribution < 1.29 is 23.5 Å². The van der Waals surface area contributed by atoms with Crippen molar-refractivity contribution in [3.05, 3.63) is 54.0 Å². The number of nitrogens with two attached hydrogens (primary N) is 1. The molecule has 0 bridgehead atoms. The van der Waals surface area contributed by atoms with Crippen LogP contribution in [0.25, 0.3) is 0 Å². The van der Waals surface area contributed by atoms with Crippen LogP contribution in [0.4, 0.5) is 15.9 Å². The summed E-state index contributed by atoms with van der Waals surface area (Å²) in [7, 11) is 0. The topological polar surface area (TPSA) is 116 Å². The Labute approximate surface area is 162 Å². The number of benzene rings is 1. The van der Waals surface area contributed by atoms with E-state index >= 15 is 0 Å². The van der Waals surface area contributed by atoms with Crippen molar-refractivity contribution in [3.63, 3.8) is 0 Å². The fraction of sp³-hybridized carbons (Fsp3) is 0.316.